The van der Waals surface area contributed by atoms with Crippen molar-refractivity contribution < 1.29 is 9.18 Å². The fraction of sp³-hybridized carbons (Fsp3) is 0.278. The van der Waals surface area contributed by atoms with Crippen molar-refractivity contribution in [3.63, 3.8) is 0 Å². The van der Waals surface area contributed by atoms with Gasteiger partial charge < -0.3 is 4.90 Å². The molecule has 0 aliphatic rings. The summed E-state index contributed by atoms with van der Waals surface area (Å²) in [7, 11) is 0. The molecule has 0 saturated heterocycles. The van der Waals surface area contributed by atoms with Gasteiger partial charge in [0.1, 0.15) is 5.82 Å². The number of aryl methyl sites for hydroxylation is 1. The van der Waals surface area contributed by atoms with E-state index in [9.17, 15) is 9.18 Å². The van der Waals surface area contributed by atoms with Gasteiger partial charge in [-0.15, -0.1) is 0 Å². The highest BCUT2D eigenvalue weighted by molar-refractivity contribution is 5.96. The van der Waals surface area contributed by atoms with Gasteiger partial charge in [-0.1, -0.05) is 24.3 Å². The first-order valence-corrected chi connectivity index (χ1v) is 7.21. The molecule has 0 spiro atoms. The lowest BCUT2D eigenvalue weighted by Crippen LogP contribution is -2.26. The minimum atomic E-state index is -0.443. The molecule has 0 unspecified atom stereocenters. The first-order valence-electron chi connectivity index (χ1n) is 7.21. The van der Waals surface area contributed by atoms with E-state index in [-0.39, 0.29) is 11.3 Å². The number of rotatable bonds is 6. The Labute approximate surface area is 125 Å². The molecule has 0 heterocycles. The van der Waals surface area contributed by atoms with Gasteiger partial charge in [0.15, 0.2) is 5.78 Å². The predicted molar refractivity (Wildman–Crippen MR) is 84.4 cm³/mol. The minimum Gasteiger partial charge on any atom is -0.371 e. The van der Waals surface area contributed by atoms with Gasteiger partial charge in [-0.05, 0) is 43.7 Å². The number of Topliss-reactive ketones (excluding diaryl/α,β-unsaturated/α-hetero) is 1. The van der Waals surface area contributed by atoms with Gasteiger partial charge in [-0.3, -0.25) is 4.79 Å². The number of carbonyl (C=O) groups excluding carboxylic acids is 1. The van der Waals surface area contributed by atoms with E-state index in [1.54, 1.807) is 18.2 Å². The SMILES string of the molecule is CCN(CCC(=O)c1ccccc1F)c1cccc(C)c1. The van der Waals surface area contributed by atoms with Crippen LogP contribution in [-0.4, -0.2) is 18.9 Å². The van der Waals surface area contributed by atoms with E-state index >= 15 is 0 Å². The van der Waals surface area contributed by atoms with E-state index in [1.165, 1.54) is 11.6 Å². The Morgan fingerprint density at radius 1 is 1.14 bits per heavy atom. The maximum atomic E-state index is 13.6. The van der Waals surface area contributed by atoms with Gasteiger partial charge in [0.25, 0.3) is 0 Å². The number of halogens is 1. The largest absolute Gasteiger partial charge is 0.371 e. The first kappa shape index (κ1) is 15.2. The number of benzene rings is 2. The monoisotopic (exact) mass is 285 g/mol. The molecule has 0 aromatic heterocycles. The zero-order valence-corrected chi connectivity index (χ0v) is 12.5. The maximum absolute atomic E-state index is 13.6. The number of anilines is 1. The molecule has 2 nitrogen and oxygen atoms in total. The third-order valence-corrected chi connectivity index (χ3v) is 3.53. The summed E-state index contributed by atoms with van der Waals surface area (Å²) in [6.07, 6.45) is 0.308. The molecule has 2 aromatic carbocycles. The predicted octanol–water partition coefficient (Wildman–Crippen LogP) is 4.23. The molecular formula is C18H20FNO. The molecule has 0 fully saturated rings. The van der Waals surface area contributed by atoms with Crippen molar-refractivity contribution in [2.45, 2.75) is 20.3 Å². The molecule has 0 saturated carbocycles. The summed E-state index contributed by atoms with van der Waals surface area (Å²) in [5.74, 6) is -0.597. The number of hydrogen-bond donors (Lipinski definition) is 0. The molecule has 21 heavy (non-hydrogen) atoms. The van der Waals surface area contributed by atoms with Crippen LogP contribution in [0.2, 0.25) is 0 Å². The normalized spacial score (nSPS) is 10.4. The van der Waals surface area contributed by atoms with Crippen LogP contribution in [0.25, 0.3) is 0 Å². The van der Waals surface area contributed by atoms with E-state index in [4.69, 9.17) is 0 Å². The van der Waals surface area contributed by atoms with Crippen molar-refractivity contribution in [2.24, 2.45) is 0 Å². The third-order valence-electron chi connectivity index (χ3n) is 3.53. The molecule has 0 amide bonds. The van der Waals surface area contributed by atoms with E-state index < -0.39 is 5.82 Å². The van der Waals surface area contributed by atoms with Crippen LogP contribution in [0.15, 0.2) is 48.5 Å². The Kier molecular flexibility index (Phi) is 5.09. The molecule has 0 radical (unpaired) electrons. The summed E-state index contributed by atoms with van der Waals surface area (Å²) < 4.78 is 13.6. The summed E-state index contributed by atoms with van der Waals surface area (Å²) in [5.41, 5.74) is 2.46. The Bertz CT molecular complexity index is 624. The summed E-state index contributed by atoms with van der Waals surface area (Å²) in [5, 5.41) is 0. The van der Waals surface area contributed by atoms with Crippen molar-refractivity contribution in [3.05, 3.63) is 65.5 Å². The van der Waals surface area contributed by atoms with E-state index in [0.717, 1.165) is 12.2 Å². The Morgan fingerprint density at radius 2 is 1.90 bits per heavy atom. The zero-order valence-electron chi connectivity index (χ0n) is 12.5. The van der Waals surface area contributed by atoms with Gasteiger partial charge in [0.05, 0.1) is 5.56 Å². The smallest absolute Gasteiger partial charge is 0.167 e. The third kappa shape index (κ3) is 3.91. The molecule has 0 aliphatic heterocycles. The van der Waals surface area contributed by atoms with Gasteiger partial charge in [-0.2, -0.15) is 0 Å². The lowest BCUT2D eigenvalue weighted by atomic mass is 10.1. The molecule has 0 bridgehead atoms. The quantitative estimate of drug-likeness (QED) is 0.740. The van der Waals surface area contributed by atoms with Gasteiger partial charge >= 0.3 is 0 Å². The lowest BCUT2D eigenvalue weighted by molar-refractivity contribution is 0.0981. The molecule has 110 valence electrons. The van der Waals surface area contributed by atoms with Crippen molar-refractivity contribution in [2.75, 3.05) is 18.0 Å². The highest BCUT2D eigenvalue weighted by atomic mass is 19.1. The van der Waals surface area contributed by atoms with Gasteiger partial charge in [-0.25, -0.2) is 4.39 Å². The lowest BCUT2D eigenvalue weighted by Gasteiger charge is -2.23. The number of ketones is 1. The molecule has 0 atom stereocenters. The molecule has 2 aromatic rings. The molecule has 3 heteroatoms. The van der Waals surface area contributed by atoms with E-state index in [0.29, 0.717) is 13.0 Å². The molecule has 2 rings (SSSR count). The Balaban J connectivity index is 2.04. The summed E-state index contributed by atoms with van der Waals surface area (Å²) in [6.45, 7) is 5.50. The van der Waals surface area contributed by atoms with Crippen LogP contribution in [0.1, 0.15) is 29.3 Å². The maximum Gasteiger partial charge on any atom is 0.167 e. The van der Waals surface area contributed by atoms with Crippen LogP contribution >= 0.6 is 0 Å². The summed E-state index contributed by atoms with van der Waals surface area (Å²) in [6, 6.07) is 14.3. The molecule has 0 N–H and O–H groups in total. The Hall–Kier alpha value is -2.16. The number of nitrogens with zero attached hydrogens (tertiary/aromatic N) is 1. The van der Waals surface area contributed by atoms with Crippen LogP contribution in [0, 0.1) is 12.7 Å². The van der Waals surface area contributed by atoms with Crippen LogP contribution in [0.5, 0.6) is 0 Å². The number of hydrogen-bond acceptors (Lipinski definition) is 2. The van der Waals surface area contributed by atoms with Crippen molar-refractivity contribution >= 4 is 11.5 Å². The average Bonchev–Trinajstić information content (AvgIpc) is 2.48. The molecular weight excluding hydrogens is 265 g/mol. The first-order chi connectivity index (χ1) is 10.1. The van der Waals surface area contributed by atoms with E-state index in [1.807, 2.05) is 25.1 Å². The van der Waals surface area contributed by atoms with Crippen LogP contribution in [0.3, 0.4) is 0 Å². The second-order valence-electron chi connectivity index (χ2n) is 5.07. The second kappa shape index (κ2) is 7.02. The summed E-state index contributed by atoms with van der Waals surface area (Å²) >= 11 is 0. The van der Waals surface area contributed by atoms with Gasteiger partial charge in [0, 0.05) is 25.2 Å². The van der Waals surface area contributed by atoms with Crippen LogP contribution in [0.4, 0.5) is 10.1 Å². The van der Waals surface area contributed by atoms with Crippen molar-refractivity contribution in [1.82, 2.24) is 0 Å². The van der Waals surface area contributed by atoms with Crippen molar-refractivity contribution in [3.8, 4) is 0 Å². The van der Waals surface area contributed by atoms with Crippen LogP contribution < -0.4 is 4.90 Å². The van der Waals surface area contributed by atoms with E-state index in [2.05, 4.69) is 17.9 Å². The molecule has 0 aliphatic carbocycles. The van der Waals surface area contributed by atoms with Crippen molar-refractivity contribution in [1.29, 1.82) is 0 Å². The Morgan fingerprint density at radius 3 is 2.57 bits per heavy atom. The minimum absolute atomic E-state index is 0.154. The fourth-order valence-corrected chi connectivity index (χ4v) is 2.35. The van der Waals surface area contributed by atoms with Crippen LogP contribution in [-0.2, 0) is 0 Å². The number of carbonyl (C=O) groups is 1. The standard InChI is InChI=1S/C18H20FNO/c1-3-20(15-8-6-7-14(2)13-15)12-11-18(21)16-9-4-5-10-17(16)19/h4-10,13H,3,11-12H2,1-2H3. The average molecular weight is 285 g/mol. The summed E-state index contributed by atoms with van der Waals surface area (Å²) in [4.78, 5) is 14.2. The second-order valence-corrected chi connectivity index (χ2v) is 5.07. The van der Waals surface area contributed by atoms with Gasteiger partial charge in [0.2, 0.25) is 0 Å². The highest BCUT2D eigenvalue weighted by Crippen LogP contribution is 2.17. The highest BCUT2D eigenvalue weighted by Gasteiger charge is 2.13. The fourth-order valence-electron chi connectivity index (χ4n) is 2.35. The topological polar surface area (TPSA) is 20.3 Å². The zero-order chi connectivity index (χ0) is 15.2.